The Kier molecular flexibility index (Phi) is 3.58. The molecular formula is C15H20BFO2. The van der Waals surface area contributed by atoms with Crippen molar-refractivity contribution in [3.05, 3.63) is 41.1 Å². The average molecular weight is 262 g/mol. The van der Waals surface area contributed by atoms with Gasteiger partial charge in [-0.3, -0.25) is 0 Å². The molecule has 1 aromatic carbocycles. The molecule has 1 saturated heterocycles. The molecule has 0 N–H and O–H groups in total. The molecule has 102 valence electrons. The van der Waals surface area contributed by atoms with E-state index in [0.717, 1.165) is 11.1 Å². The molecule has 0 unspecified atom stereocenters. The summed E-state index contributed by atoms with van der Waals surface area (Å²) in [5, 5.41) is 0. The predicted octanol–water partition coefficient (Wildman–Crippen LogP) is 3.94. The fourth-order valence-corrected chi connectivity index (χ4v) is 1.94. The van der Waals surface area contributed by atoms with E-state index >= 15 is 0 Å². The van der Waals surface area contributed by atoms with Crippen molar-refractivity contribution in [1.82, 2.24) is 0 Å². The van der Waals surface area contributed by atoms with Crippen LogP contribution in [0.3, 0.4) is 0 Å². The van der Waals surface area contributed by atoms with Gasteiger partial charge in [-0.25, -0.2) is 4.39 Å². The average Bonchev–Trinajstić information content (AvgIpc) is 2.48. The second-order valence-electron chi connectivity index (χ2n) is 6.03. The van der Waals surface area contributed by atoms with Crippen LogP contribution >= 0.6 is 0 Å². The van der Waals surface area contributed by atoms with Gasteiger partial charge >= 0.3 is 7.12 Å². The van der Waals surface area contributed by atoms with Gasteiger partial charge in [-0.15, -0.1) is 0 Å². The summed E-state index contributed by atoms with van der Waals surface area (Å²) in [6, 6.07) is 7.66. The number of rotatable bonds is 2. The zero-order valence-corrected chi connectivity index (χ0v) is 12.2. The molecule has 1 aliphatic heterocycles. The normalized spacial score (nSPS) is 21.8. The van der Waals surface area contributed by atoms with Crippen LogP contribution in [0.2, 0.25) is 0 Å². The third-order valence-corrected chi connectivity index (χ3v) is 3.83. The zero-order chi connectivity index (χ0) is 14.3. The van der Waals surface area contributed by atoms with Crippen molar-refractivity contribution in [2.24, 2.45) is 0 Å². The van der Waals surface area contributed by atoms with Crippen molar-refractivity contribution in [2.75, 3.05) is 0 Å². The van der Waals surface area contributed by atoms with E-state index in [1.807, 2.05) is 58.9 Å². The quantitative estimate of drug-likeness (QED) is 0.751. The topological polar surface area (TPSA) is 18.5 Å². The van der Waals surface area contributed by atoms with Crippen molar-refractivity contribution in [1.29, 1.82) is 0 Å². The first-order valence-electron chi connectivity index (χ1n) is 6.51. The molecule has 1 heterocycles. The summed E-state index contributed by atoms with van der Waals surface area (Å²) in [5.74, 6) is 0. The first kappa shape index (κ1) is 14.3. The van der Waals surface area contributed by atoms with Gasteiger partial charge in [0.2, 0.25) is 0 Å². The van der Waals surface area contributed by atoms with Crippen LogP contribution in [0.1, 0.15) is 38.8 Å². The van der Waals surface area contributed by atoms with Gasteiger partial charge in [0.05, 0.1) is 11.2 Å². The molecule has 0 amide bonds. The number of aryl methyl sites for hydroxylation is 1. The second-order valence-corrected chi connectivity index (χ2v) is 6.03. The molecule has 19 heavy (non-hydrogen) atoms. The Hall–Kier alpha value is -1.13. The summed E-state index contributed by atoms with van der Waals surface area (Å²) in [4.78, 5) is 0. The summed E-state index contributed by atoms with van der Waals surface area (Å²) >= 11 is 0. The third kappa shape index (κ3) is 2.90. The summed E-state index contributed by atoms with van der Waals surface area (Å²) in [6.07, 6.45) is 1.47. The molecule has 0 aliphatic carbocycles. The maximum atomic E-state index is 14.2. The lowest BCUT2D eigenvalue weighted by atomic mass is 9.86. The van der Waals surface area contributed by atoms with Crippen molar-refractivity contribution < 1.29 is 13.7 Å². The van der Waals surface area contributed by atoms with Gasteiger partial charge < -0.3 is 9.31 Å². The number of hydrogen-bond donors (Lipinski definition) is 0. The fraction of sp³-hybridized carbons (Fsp3) is 0.467. The van der Waals surface area contributed by atoms with Gasteiger partial charge in [0, 0.05) is 0 Å². The van der Waals surface area contributed by atoms with Gasteiger partial charge in [-0.05, 0) is 46.3 Å². The largest absolute Gasteiger partial charge is 0.525 e. The maximum Gasteiger partial charge on any atom is 0.525 e. The van der Waals surface area contributed by atoms with E-state index in [1.165, 1.54) is 6.08 Å². The predicted molar refractivity (Wildman–Crippen MR) is 76.3 cm³/mol. The van der Waals surface area contributed by atoms with Crippen LogP contribution in [0.15, 0.2) is 30.0 Å². The van der Waals surface area contributed by atoms with Gasteiger partial charge in [-0.2, -0.15) is 0 Å². The lowest BCUT2D eigenvalue weighted by molar-refractivity contribution is 0.00578. The molecule has 2 rings (SSSR count). The van der Waals surface area contributed by atoms with Crippen molar-refractivity contribution in [3.8, 4) is 0 Å². The monoisotopic (exact) mass is 262 g/mol. The Morgan fingerprint density at radius 1 is 1.16 bits per heavy atom. The molecule has 0 bridgehead atoms. The molecule has 1 aliphatic rings. The maximum absolute atomic E-state index is 14.2. The standard InChI is InChI=1S/C15H20BFO2/c1-11-7-6-8-12(9-11)10-13(17)16-18-14(2,3)15(4,5)19-16/h6-10H,1-5H3. The van der Waals surface area contributed by atoms with Crippen LogP contribution in [0, 0.1) is 6.92 Å². The number of halogens is 1. The fourth-order valence-electron chi connectivity index (χ4n) is 1.94. The molecule has 0 atom stereocenters. The molecule has 1 fully saturated rings. The summed E-state index contributed by atoms with van der Waals surface area (Å²) < 4.78 is 25.5. The Morgan fingerprint density at radius 2 is 1.74 bits per heavy atom. The highest BCUT2D eigenvalue weighted by atomic mass is 19.1. The Bertz CT molecular complexity index is 493. The van der Waals surface area contributed by atoms with E-state index in [4.69, 9.17) is 9.31 Å². The highest BCUT2D eigenvalue weighted by Crippen LogP contribution is 2.39. The van der Waals surface area contributed by atoms with E-state index in [-0.39, 0.29) is 0 Å². The SMILES string of the molecule is Cc1cccc(C=C(F)B2OC(C)(C)C(C)(C)O2)c1. The highest BCUT2D eigenvalue weighted by Gasteiger charge is 2.52. The van der Waals surface area contributed by atoms with Crippen LogP contribution in [-0.4, -0.2) is 18.3 Å². The third-order valence-electron chi connectivity index (χ3n) is 3.83. The van der Waals surface area contributed by atoms with Crippen LogP contribution in [0.5, 0.6) is 0 Å². The van der Waals surface area contributed by atoms with Crippen molar-refractivity contribution in [3.63, 3.8) is 0 Å². The summed E-state index contributed by atoms with van der Waals surface area (Å²) in [6.45, 7) is 9.61. The van der Waals surface area contributed by atoms with Crippen LogP contribution in [0.4, 0.5) is 4.39 Å². The first-order chi connectivity index (χ1) is 8.71. The Balaban J connectivity index is 2.20. The van der Waals surface area contributed by atoms with E-state index in [2.05, 4.69) is 0 Å². The summed E-state index contributed by atoms with van der Waals surface area (Å²) in [5.41, 5.74) is 0.470. The van der Waals surface area contributed by atoms with E-state index in [9.17, 15) is 4.39 Å². The lowest BCUT2D eigenvalue weighted by Crippen LogP contribution is -2.41. The zero-order valence-electron chi connectivity index (χ0n) is 12.2. The second kappa shape index (κ2) is 4.76. The highest BCUT2D eigenvalue weighted by molar-refractivity contribution is 6.54. The van der Waals surface area contributed by atoms with E-state index in [1.54, 1.807) is 0 Å². The van der Waals surface area contributed by atoms with E-state index in [0.29, 0.717) is 0 Å². The minimum Gasteiger partial charge on any atom is -0.398 e. The smallest absolute Gasteiger partial charge is 0.398 e. The molecule has 0 spiro atoms. The number of hydrogen-bond acceptors (Lipinski definition) is 2. The van der Waals surface area contributed by atoms with Gasteiger partial charge in [0.1, 0.15) is 5.73 Å². The van der Waals surface area contributed by atoms with Crippen LogP contribution in [-0.2, 0) is 9.31 Å². The van der Waals surface area contributed by atoms with Gasteiger partial charge in [-0.1, -0.05) is 29.8 Å². The minimum atomic E-state index is -0.925. The number of benzene rings is 1. The molecule has 1 aromatic rings. The molecule has 2 nitrogen and oxygen atoms in total. The molecule has 4 heteroatoms. The molecule has 0 saturated carbocycles. The van der Waals surface area contributed by atoms with Crippen molar-refractivity contribution in [2.45, 2.75) is 45.8 Å². The Labute approximate surface area is 114 Å². The van der Waals surface area contributed by atoms with E-state index < -0.39 is 24.0 Å². The molecular weight excluding hydrogens is 242 g/mol. The van der Waals surface area contributed by atoms with Crippen LogP contribution < -0.4 is 0 Å². The molecule has 0 aromatic heterocycles. The minimum absolute atomic E-state index is 0.399. The van der Waals surface area contributed by atoms with Gasteiger partial charge in [0.25, 0.3) is 0 Å². The van der Waals surface area contributed by atoms with Crippen LogP contribution in [0.25, 0.3) is 6.08 Å². The summed E-state index contributed by atoms with van der Waals surface area (Å²) in [7, 11) is -0.925. The lowest BCUT2D eigenvalue weighted by Gasteiger charge is -2.32. The van der Waals surface area contributed by atoms with Crippen molar-refractivity contribution >= 4 is 13.2 Å². The first-order valence-corrected chi connectivity index (χ1v) is 6.51. The molecule has 0 radical (unpaired) electrons. The Morgan fingerprint density at radius 3 is 2.26 bits per heavy atom. The van der Waals surface area contributed by atoms with Gasteiger partial charge in [0.15, 0.2) is 0 Å².